The summed E-state index contributed by atoms with van der Waals surface area (Å²) >= 11 is 1.43. The Balaban J connectivity index is 1.76. The van der Waals surface area contributed by atoms with Gasteiger partial charge in [0.05, 0.1) is 5.92 Å². The van der Waals surface area contributed by atoms with Gasteiger partial charge < -0.3 is 10.0 Å². The third-order valence-electron chi connectivity index (χ3n) is 3.80. The molecule has 1 N–H and O–H groups in total. The van der Waals surface area contributed by atoms with Gasteiger partial charge in [0.1, 0.15) is 10.7 Å². The molecule has 3 rings (SSSR count). The standard InChI is InChI=1S/C16H16N2O3S/c19-15(18-8-4-7-12(9-18)16(20)21)13-10-22-14(17-13)11-5-2-1-3-6-11/h1-3,5-6,10,12H,4,7-9H2,(H,20,21). The molecule has 1 unspecified atom stereocenters. The first-order valence-electron chi connectivity index (χ1n) is 7.18. The summed E-state index contributed by atoms with van der Waals surface area (Å²) in [6.07, 6.45) is 1.35. The van der Waals surface area contributed by atoms with Gasteiger partial charge in [-0.3, -0.25) is 9.59 Å². The molecule has 5 nitrogen and oxygen atoms in total. The molecule has 2 heterocycles. The number of aromatic nitrogens is 1. The number of carboxylic acid groups (broad SMARTS) is 1. The Labute approximate surface area is 132 Å². The smallest absolute Gasteiger partial charge is 0.308 e. The third-order valence-corrected chi connectivity index (χ3v) is 4.69. The molecule has 1 aromatic heterocycles. The van der Waals surface area contributed by atoms with Gasteiger partial charge in [-0.1, -0.05) is 30.3 Å². The number of rotatable bonds is 3. The second-order valence-electron chi connectivity index (χ2n) is 5.33. The Morgan fingerprint density at radius 2 is 2.05 bits per heavy atom. The molecule has 1 aliphatic rings. The number of carboxylic acids is 1. The Hall–Kier alpha value is -2.21. The molecule has 0 saturated carbocycles. The van der Waals surface area contributed by atoms with Crippen LogP contribution in [0.2, 0.25) is 0 Å². The number of piperidine rings is 1. The molecule has 6 heteroatoms. The van der Waals surface area contributed by atoms with Crippen LogP contribution in [-0.4, -0.2) is 40.0 Å². The van der Waals surface area contributed by atoms with Crippen LogP contribution >= 0.6 is 11.3 Å². The predicted molar refractivity (Wildman–Crippen MR) is 83.8 cm³/mol. The van der Waals surface area contributed by atoms with E-state index in [0.717, 1.165) is 17.0 Å². The second kappa shape index (κ2) is 6.27. The van der Waals surface area contributed by atoms with E-state index in [1.165, 1.54) is 11.3 Å². The molecule has 1 atom stereocenters. The first-order valence-corrected chi connectivity index (χ1v) is 8.06. The minimum Gasteiger partial charge on any atom is -0.481 e. The average Bonchev–Trinajstić information content (AvgIpc) is 3.05. The number of aliphatic carboxylic acids is 1. The van der Waals surface area contributed by atoms with Crippen molar-refractivity contribution in [2.24, 2.45) is 5.92 Å². The maximum atomic E-state index is 12.5. The SMILES string of the molecule is O=C(O)C1CCCN(C(=O)c2csc(-c3ccccc3)n2)C1. The van der Waals surface area contributed by atoms with Crippen molar-refractivity contribution in [3.05, 3.63) is 41.4 Å². The Kier molecular flexibility index (Phi) is 4.20. The molecule has 1 amide bonds. The number of carbonyl (C=O) groups excluding carboxylic acids is 1. The number of amides is 1. The zero-order valence-electron chi connectivity index (χ0n) is 11.9. The molecule has 22 heavy (non-hydrogen) atoms. The molecule has 0 radical (unpaired) electrons. The maximum Gasteiger partial charge on any atom is 0.308 e. The fourth-order valence-corrected chi connectivity index (χ4v) is 3.41. The molecular weight excluding hydrogens is 300 g/mol. The van der Waals surface area contributed by atoms with E-state index in [-0.39, 0.29) is 12.5 Å². The van der Waals surface area contributed by atoms with Crippen LogP contribution in [0, 0.1) is 5.92 Å². The van der Waals surface area contributed by atoms with E-state index in [0.29, 0.717) is 18.7 Å². The largest absolute Gasteiger partial charge is 0.481 e. The Bertz CT molecular complexity index is 684. The summed E-state index contributed by atoms with van der Waals surface area (Å²) in [5, 5.41) is 11.7. The lowest BCUT2D eigenvalue weighted by Crippen LogP contribution is -2.42. The Morgan fingerprint density at radius 1 is 1.27 bits per heavy atom. The van der Waals surface area contributed by atoms with Crippen molar-refractivity contribution in [1.29, 1.82) is 0 Å². The van der Waals surface area contributed by atoms with Gasteiger partial charge in [-0.15, -0.1) is 11.3 Å². The van der Waals surface area contributed by atoms with E-state index in [2.05, 4.69) is 4.98 Å². The molecule has 2 aromatic rings. The quantitative estimate of drug-likeness (QED) is 0.945. The van der Waals surface area contributed by atoms with Crippen LogP contribution in [0.15, 0.2) is 35.7 Å². The van der Waals surface area contributed by atoms with Gasteiger partial charge >= 0.3 is 5.97 Å². The molecule has 114 valence electrons. The minimum absolute atomic E-state index is 0.176. The number of thiazole rings is 1. The van der Waals surface area contributed by atoms with E-state index < -0.39 is 11.9 Å². The van der Waals surface area contributed by atoms with E-state index >= 15 is 0 Å². The van der Waals surface area contributed by atoms with Crippen molar-refractivity contribution in [1.82, 2.24) is 9.88 Å². The van der Waals surface area contributed by atoms with Gasteiger partial charge in [-0.05, 0) is 12.8 Å². The zero-order valence-corrected chi connectivity index (χ0v) is 12.8. The summed E-state index contributed by atoms with van der Waals surface area (Å²) in [4.78, 5) is 29.6. The number of hydrogen-bond acceptors (Lipinski definition) is 4. The normalized spacial score (nSPS) is 18.2. The van der Waals surface area contributed by atoms with Gasteiger partial charge in [-0.2, -0.15) is 0 Å². The van der Waals surface area contributed by atoms with Crippen LogP contribution in [0.1, 0.15) is 23.3 Å². The van der Waals surface area contributed by atoms with E-state index in [1.54, 1.807) is 10.3 Å². The zero-order chi connectivity index (χ0) is 15.5. The summed E-state index contributed by atoms with van der Waals surface area (Å²) in [7, 11) is 0. The molecule has 0 spiro atoms. The van der Waals surface area contributed by atoms with Crippen molar-refractivity contribution in [3.63, 3.8) is 0 Å². The predicted octanol–water partition coefficient (Wildman–Crippen LogP) is 2.75. The van der Waals surface area contributed by atoms with Crippen LogP contribution in [0.25, 0.3) is 10.6 Å². The van der Waals surface area contributed by atoms with Crippen molar-refractivity contribution in [2.75, 3.05) is 13.1 Å². The van der Waals surface area contributed by atoms with Gasteiger partial charge in [0.15, 0.2) is 0 Å². The van der Waals surface area contributed by atoms with Gasteiger partial charge in [0.25, 0.3) is 5.91 Å². The molecule has 0 bridgehead atoms. The highest BCUT2D eigenvalue weighted by Gasteiger charge is 2.29. The molecule has 1 fully saturated rings. The average molecular weight is 316 g/mol. The van der Waals surface area contributed by atoms with Crippen LogP contribution in [0.4, 0.5) is 0 Å². The van der Waals surface area contributed by atoms with Crippen LogP contribution in [0.3, 0.4) is 0 Å². The topological polar surface area (TPSA) is 70.5 Å². The van der Waals surface area contributed by atoms with Crippen molar-refractivity contribution < 1.29 is 14.7 Å². The lowest BCUT2D eigenvalue weighted by atomic mass is 9.98. The van der Waals surface area contributed by atoms with Gasteiger partial charge in [0, 0.05) is 24.0 Å². The third kappa shape index (κ3) is 3.01. The van der Waals surface area contributed by atoms with Crippen molar-refractivity contribution in [2.45, 2.75) is 12.8 Å². The van der Waals surface area contributed by atoms with Gasteiger partial charge in [0.2, 0.25) is 0 Å². The summed E-state index contributed by atoms with van der Waals surface area (Å²) in [6, 6.07) is 9.70. The summed E-state index contributed by atoms with van der Waals surface area (Å²) in [5.74, 6) is -1.48. The monoisotopic (exact) mass is 316 g/mol. The van der Waals surface area contributed by atoms with Crippen molar-refractivity contribution >= 4 is 23.2 Å². The second-order valence-corrected chi connectivity index (χ2v) is 6.19. The summed E-state index contributed by atoms with van der Waals surface area (Å²) in [6.45, 7) is 0.868. The summed E-state index contributed by atoms with van der Waals surface area (Å²) in [5.41, 5.74) is 1.38. The number of likely N-dealkylation sites (tertiary alicyclic amines) is 1. The molecule has 0 aliphatic carbocycles. The first-order chi connectivity index (χ1) is 10.6. The Morgan fingerprint density at radius 3 is 2.77 bits per heavy atom. The number of hydrogen-bond donors (Lipinski definition) is 1. The molecule has 1 aromatic carbocycles. The number of carbonyl (C=O) groups is 2. The lowest BCUT2D eigenvalue weighted by molar-refractivity contribution is -0.143. The van der Waals surface area contributed by atoms with E-state index in [4.69, 9.17) is 5.11 Å². The maximum absolute atomic E-state index is 12.5. The minimum atomic E-state index is -0.833. The van der Waals surface area contributed by atoms with Crippen LogP contribution in [0.5, 0.6) is 0 Å². The van der Waals surface area contributed by atoms with Crippen LogP contribution in [-0.2, 0) is 4.79 Å². The molecule has 1 saturated heterocycles. The van der Waals surface area contributed by atoms with Crippen molar-refractivity contribution in [3.8, 4) is 10.6 Å². The summed E-state index contributed by atoms with van der Waals surface area (Å²) < 4.78 is 0. The molecular formula is C16H16N2O3S. The van der Waals surface area contributed by atoms with E-state index in [1.807, 2.05) is 30.3 Å². The lowest BCUT2D eigenvalue weighted by Gasteiger charge is -2.30. The number of nitrogens with zero attached hydrogens (tertiary/aromatic N) is 2. The highest BCUT2D eigenvalue weighted by Crippen LogP contribution is 2.25. The highest BCUT2D eigenvalue weighted by molar-refractivity contribution is 7.13. The molecule has 1 aliphatic heterocycles. The number of benzene rings is 1. The van der Waals surface area contributed by atoms with Gasteiger partial charge in [-0.25, -0.2) is 4.98 Å². The fourth-order valence-electron chi connectivity index (χ4n) is 2.61. The van der Waals surface area contributed by atoms with E-state index in [9.17, 15) is 9.59 Å². The first kappa shape index (κ1) is 14.7. The highest BCUT2D eigenvalue weighted by atomic mass is 32.1. The fraction of sp³-hybridized carbons (Fsp3) is 0.312. The van der Waals surface area contributed by atoms with Crippen LogP contribution < -0.4 is 0 Å².